The number of halogens is 2. The van der Waals surface area contributed by atoms with Gasteiger partial charge in [-0.05, 0) is 38.1 Å². The van der Waals surface area contributed by atoms with Crippen molar-refractivity contribution >= 4 is 11.6 Å². The highest BCUT2D eigenvalue weighted by Gasteiger charge is 2.35. The third kappa shape index (κ3) is 3.35. The molecule has 1 N–H and O–H groups in total. The zero-order valence-electron chi connectivity index (χ0n) is 14.5. The van der Waals surface area contributed by atoms with Crippen molar-refractivity contribution in [1.82, 2.24) is 10.1 Å². The van der Waals surface area contributed by atoms with Crippen LogP contribution < -0.4 is 0 Å². The lowest BCUT2D eigenvalue weighted by Gasteiger charge is -2.23. The Hall–Kier alpha value is -2.28. The van der Waals surface area contributed by atoms with Crippen LogP contribution in [-0.4, -0.2) is 22.4 Å². The van der Waals surface area contributed by atoms with E-state index in [1.54, 1.807) is 38.2 Å². The fourth-order valence-corrected chi connectivity index (χ4v) is 2.82. The van der Waals surface area contributed by atoms with E-state index in [1.807, 2.05) is 0 Å². The van der Waals surface area contributed by atoms with Crippen molar-refractivity contribution < 1.29 is 18.8 Å². The number of hydrogen-bond acceptors (Lipinski definition) is 5. The predicted molar refractivity (Wildman–Crippen MR) is 95.2 cm³/mol. The summed E-state index contributed by atoms with van der Waals surface area (Å²) in [6.07, 6.45) is 2.01. The summed E-state index contributed by atoms with van der Waals surface area (Å²) < 4.78 is 25.4. The summed E-state index contributed by atoms with van der Waals surface area (Å²) in [5.41, 5.74) is 0.336. The molecule has 0 aliphatic heterocycles. The van der Waals surface area contributed by atoms with Gasteiger partial charge < -0.3 is 14.4 Å². The Morgan fingerprint density at radius 1 is 1.31 bits per heavy atom. The summed E-state index contributed by atoms with van der Waals surface area (Å²) >= 11 is 5.84. The van der Waals surface area contributed by atoms with E-state index in [9.17, 15) is 9.50 Å². The van der Waals surface area contributed by atoms with E-state index in [-0.39, 0.29) is 16.3 Å². The number of aromatic nitrogens is 2. The van der Waals surface area contributed by atoms with E-state index in [0.717, 1.165) is 0 Å². The standard InChI is InChI=1S/C19H18ClFN2O3/c1-19(2,25-3)18-15(17(24)11-5-4-8-22-10-11)16(23-26-18)13-7-6-12(20)9-14(13)21/h4-10,17,24H,1-3H3. The molecule has 3 aromatic rings. The summed E-state index contributed by atoms with van der Waals surface area (Å²) in [5, 5.41) is 15.2. The summed E-state index contributed by atoms with van der Waals surface area (Å²) in [7, 11) is 1.52. The van der Waals surface area contributed by atoms with Gasteiger partial charge in [-0.15, -0.1) is 0 Å². The first kappa shape index (κ1) is 18.5. The molecule has 5 nitrogen and oxygen atoms in total. The number of benzene rings is 1. The molecule has 0 aliphatic carbocycles. The number of aliphatic hydroxyl groups excluding tert-OH is 1. The number of hydrogen-bond donors (Lipinski definition) is 1. The van der Waals surface area contributed by atoms with Gasteiger partial charge in [-0.3, -0.25) is 4.98 Å². The monoisotopic (exact) mass is 376 g/mol. The van der Waals surface area contributed by atoms with Crippen LogP contribution >= 0.6 is 11.6 Å². The third-order valence-electron chi connectivity index (χ3n) is 4.24. The molecule has 0 saturated heterocycles. The van der Waals surface area contributed by atoms with Crippen LogP contribution in [0.4, 0.5) is 4.39 Å². The van der Waals surface area contributed by atoms with Gasteiger partial charge in [-0.25, -0.2) is 4.39 Å². The minimum atomic E-state index is -1.12. The van der Waals surface area contributed by atoms with E-state index < -0.39 is 17.5 Å². The van der Waals surface area contributed by atoms with Crippen LogP contribution in [-0.2, 0) is 10.3 Å². The van der Waals surface area contributed by atoms with Gasteiger partial charge in [0, 0.05) is 35.7 Å². The molecule has 0 radical (unpaired) electrons. The van der Waals surface area contributed by atoms with Crippen molar-refractivity contribution in [3.63, 3.8) is 0 Å². The second-order valence-corrected chi connectivity index (χ2v) is 6.74. The minimum Gasteiger partial charge on any atom is -0.383 e. The van der Waals surface area contributed by atoms with Gasteiger partial charge in [0.15, 0.2) is 5.76 Å². The molecule has 0 bridgehead atoms. The van der Waals surface area contributed by atoms with Gasteiger partial charge in [0.2, 0.25) is 0 Å². The van der Waals surface area contributed by atoms with Gasteiger partial charge in [0.25, 0.3) is 0 Å². The second-order valence-electron chi connectivity index (χ2n) is 6.30. The molecular weight excluding hydrogens is 359 g/mol. The first-order valence-corrected chi connectivity index (χ1v) is 8.31. The van der Waals surface area contributed by atoms with Gasteiger partial charge in [-0.2, -0.15) is 0 Å². The van der Waals surface area contributed by atoms with Gasteiger partial charge in [0.05, 0.1) is 5.56 Å². The number of rotatable bonds is 5. The maximum absolute atomic E-state index is 14.5. The van der Waals surface area contributed by atoms with Crippen molar-refractivity contribution in [2.75, 3.05) is 7.11 Å². The minimum absolute atomic E-state index is 0.175. The lowest BCUT2D eigenvalue weighted by atomic mass is 9.91. The molecule has 26 heavy (non-hydrogen) atoms. The molecule has 0 amide bonds. The van der Waals surface area contributed by atoms with Crippen LogP contribution in [0.25, 0.3) is 11.3 Å². The number of aliphatic hydroxyl groups is 1. The van der Waals surface area contributed by atoms with Crippen molar-refractivity contribution in [3.05, 3.63) is 70.5 Å². The Bertz CT molecular complexity index is 912. The van der Waals surface area contributed by atoms with Gasteiger partial charge in [0.1, 0.15) is 23.2 Å². The Morgan fingerprint density at radius 3 is 2.69 bits per heavy atom. The van der Waals surface area contributed by atoms with Crippen molar-refractivity contribution in [2.24, 2.45) is 0 Å². The summed E-state index contributed by atoms with van der Waals surface area (Å²) in [6.45, 7) is 3.55. The van der Waals surface area contributed by atoms with Crippen LogP contribution in [0.15, 0.2) is 47.2 Å². The van der Waals surface area contributed by atoms with Crippen LogP contribution in [0.2, 0.25) is 5.02 Å². The first-order valence-electron chi connectivity index (χ1n) is 7.93. The lowest BCUT2D eigenvalue weighted by Crippen LogP contribution is -2.21. The van der Waals surface area contributed by atoms with Crippen molar-refractivity contribution in [1.29, 1.82) is 0 Å². The van der Waals surface area contributed by atoms with Crippen LogP contribution in [0, 0.1) is 5.82 Å². The average molecular weight is 377 g/mol. The molecule has 136 valence electrons. The molecule has 0 spiro atoms. The number of methoxy groups -OCH3 is 1. The van der Waals surface area contributed by atoms with Crippen LogP contribution in [0.5, 0.6) is 0 Å². The molecule has 0 fully saturated rings. The number of ether oxygens (including phenoxy) is 1. The predicted octanol–water partition coefficient (Wildman–Crippen LogP) is 4.49. The Kier molecular flexibility index (Phi) is 5.09. The maximum Gasteiger partial charge on any atom is 0.174 e. The Morgan fingerprint density at radius 2 is 2.08 bits per heavy atom. The fourth-order valence-electron chi connectivity index (χ4n) is 2.66. The van der Waals surface area contributed by atoms with Gasteiger partial charge >= 0.3 is 0 Å². The highest BCUT2D eigenvalue weighted by molar-refractivity contribution is 6.30. The zero-order chi connectivity index (χ0) is 18.9. The molecule has 1 aromatic carbocycles. The molecular formula is C19H18ClFN2O3. The van der Waals surface area contributed by atoms with Crippen molar-refractivity contribution in [3.8, 4) is 11.3 Å². The van der Waals surface area contributed by atoms with E-state index in [0.29, 0.717) is 16.9 Å². The average Bonchev–Trinajstić information content (AvgIpc) is 3.07. The summed E-state index contributed by atoms with van der Waals surface area (Å²) in [6, 6.07) is 7.66. The molecule has 2 heterocycles. The smallest absolute Gasteiger partial charge is 0.174 e. The highest BCUT2D eigenvalue weighted by Crippen LogP contribution is 2.40. The van der Waals surface area contributed by atoms with Crippen LogP contribution in [0.1, 0.15) is 36.8 Å². The molecule has 1 unspecified atom stereocenters. The molecule has 0 saturated carbocycles. The zero-order valence-corrected chi connectivity index (χ0v) is 15.3. The molecule has 1 atom stereocenters. The van der Waals surface area contributed by atoms with Crippen LogP contribution in [0.3, 0.4) is 0 Å². The maximum atomic E-state index is 14.5. The first-order chi connectivity index (χ1) is 12.3. The Labute approximate surface area is 155 Å². The number of pyridine rings is 1. The molecule has 7 heteroatoms. The van der Waals surface area contributed by atoms with Crippen molar-refractivity contribution in [2.45, 2.75) is 25.6 Å². The Balaban J connectivity index is 2.23. The fraction of sp³-hybridized carbons (Fsp3) is 0.263. The normalized spacial score (nSPS) is 13.0. The SMILES string of the molecule is COC(C)(C)c1onc(-c2ccc(Cl)cc2F)c1C(O)c1cccnc1. The lowest BCUT2D eigenvalue weighted by molar-refractivity contribution is -0.00598. The third-order valence-corrected chi connectivity index (χ3v) is 4.48. The summed E-state index contributed by atoms with van der Waals surface area (Å²) in [4.78, 5) is 4.03. The molecule has 3 rings (SSSR count). The quantitative estimate of drug-likeness (QED) is 0.710. The topological polar surface area (TPSA) is 68.4 Å². The molecule has 2 aromatic heterocycles. The molecule has 0 aliphatic rings. The second kappa shape index (κ2) is 7.15. The van der Waals surface area contributed by atoms with E-state index in [1.165, 1.54) is 25.4 Å². The number of nitrogens with zero attached hydrogens (tertiary/aromatic N) is 2. The van der Waals surface area contributed by atoms with E-state index >= 15 is 0 Å². The van der Waals surface area contributed by atoms with Gasteiger partial charge in [-0.1, -0.05) is 22.8 Å². The van der Waals surface area contributed by atoms with E-state index in [2.05, 4.69) is 10.1 Å². The highest BCUT2D eigenvalue weighted by atomic mass is 35.5. The summed E-state index contributed by atoms with van der Waals surface area (Å²) in [5.74, 6) is -0.257. The van der Waals surface area contributed by atoms with E-state index in [4.69, 9.17) is 20.9 Å². The largest absolute Gasteiger partial charge is 0.383 e.